The van der Waals surface area contributed by atoms with Crippen LogP contribution in [0.1, 0.15) is 22.5 Å². The van der Waals surface area contributed by atoms with Gasteiger partial charge in [-0.1, -0.05) is 35.0 Å². The van der Waals surface area contributed by atoms with E-state index in [1.807, 2.05) is 23.1 Å². The number of amides is 1. The molecule has 7 heteroatoms. The van der Waals surface area contributed by atoms with Gasteiger partial charge in [0.15, 0.2) is 0 Å². The van der Waals surface area contributed by atoms with Crippen LogP contribution in [0.5, 0.6) is 0 Å². The number of nitrogens with one attached hydrogen (secondary N) is 1. The highest BCUT2D eigenvalue weighted by Gasteiger charge is 2.27. The molecule has 3 rings (SSSR count). The van der Waals surface area contributed by atoms with Crippen molar-refractivity contribution in [2.24, 2.45) is 0 Å². The van der Waals surface area contributed by atoms with E-state index >= 15 is 0 Å². The molecule has 5 nitrogen and oxygen atoms in total. The summed E-state index contributed by atoms with van der Waals surface area (Å²) in [5, 5.41) is 7.91. The van der Waals surface area contributed by atoms with Crippen molar-refractivity contribution in [2.45, 2.75) is 13.3 Å². The fourth-order valence-corrected chi connectivity index (χ4v) is 2.89. The zero-order valence-electron chi connectivity index (χ0n) is 12.8. The number of hydrogen-bond acceptors (Lipinski definition) is 4. The van der Waals surface area contributed by atoms with Gasteiger partial charge in [-0.3, -0.25) is 4.79 Å². The van der Waals surface area contributed by atoms with Crippen LogP contribution in [-0.4, -0.2) is 42.1 Å². The maximum atomic E-state index is 12.9. The van der Waals surface area contributed by atoms with E-state index in [0.717, 1.165) is 31.6 Å². The van der Waals surface area contributed by atoms with Gasteiger partial charge in [0.1, 0.15) is 17.0 Å². The fourth-order valence-electron chi connectivity index (χ4n) is 2.67. The maximum Gasteiger partial charge on any atom is 0.259 e. The normalized spacial score (nSPS) is 15.0. The minimum absolute atomic E-state index is 0. The number of carbonyl (C=O) groups is 1. The van der Waals surface area contributed by atoms with Gasteiger partial charge in [-0.15, -0.1) is 12.4 Å². The molecule has 124 valence electrons. The molecule has 0 radical (unpaired) electrons. The minimum atomic E-state index is -0.0441. The molecule has 2 aromatic rings. The third kappa shape index (κ3) is 3.68. The molecule has 1 saturated heterocycles. The molecule has 0 saturated carbocycles. The third-order valence-corrected chi connectivity index (χ3v) is 4.16. The molecule has 0 unspecified atom stereocenters. The minimum Gasteiger partial charge on any atom is -0.360 e. The Labute approximate surface area is 146 Å². The van der Waals surface area contributed by atoms with Crippen molar-refractivity contribution in [1.82, 2.24) is 15.4 Å². The largest absolute Gasteiger partial charge is 0.360 e. The van der Waals surface area contributed by atoms with E-state index < -0.39 is 0 Å². The first-order chi connectivity index (χ1) is 10.7. The zero-order chi connectivity index (χ0) is 15.5. The van der Waals surface area contributed by atoms with Crippen molar-refractivity contribution in [3.05, 3.63) is 40.6 Å². The summed E-state index contributed by atoms with van der Waals surface area (Å²) in [5.41, 5.74) is 1.75. The molecule has 1 aromatic heterocycles. The number of benzene rings is 1. The number of aryl methyl sites for hydroxylation is 1. The predicted octanol–water partition coefficient (Wildman–Crippen LogP) is 3.16. The van der Waals surface area contributed by atoms with E-state index in [1.54, 1.807) is 13.0 Å². The molecule has 23 heavy (non-hydrogen) atoms. The third-order valence-electron chi connectivity index (χ3n) is 3.83. The van der Waals surface area contributed by atoms with E-state index in [9.17, 15) is 4.79 Å². The second kappa shape index (κ2) is 7.81. The first-order valence-electron chi connectivity index (χ1n) is 7.39. The Morgan fingerprint density at radius 1 is 1.30 bits per heavy atom. The summed E-state index contributed by atoms with van der Waals surface area (Å²) in [5.74, 6) is 0.481. The molecule has 0 bridgehead atoms. The van der Waals surface area contributed by atoms with Crippen molar-refractivity contribution in [2.75, 3.05) is 26.2 Å². The highest BCUT2D eigenvalue weighted by Crippen LogP contribution is 2.31. The Morgan fingerprint density at radius 3 is 2.87 bits per heavy atom. The van der Waals surface area contributed by atoms with Crippen molar-refractivity contribution >= 4 is 29.9 Å². The fraction of sp³-hybridized carbons (Fsp3) is 0.375. The number of carbonyl (C=O) groups excluding carboxylic acids is 1. The summed E-state index contributed by atoms with van der Waals surface area (Å²) >= 11 is 6.24. The summed E-state index contributed by atoms with van der Waals surface area (Å²) < 4.78 is 5.28. The highest BCUT2D eigenvalue weighted by atomic mass is 35.5. The van der Waals surface area contributed by atoms with Crippen LogP contribution in [0.3, 0.4) is 0 Å². The number of nitrogens with zero attached hydrogens (tertiary/aromatic N) is 2. The first-order valence-corrected chi connectivity index (χ1v) is 7.77. The van der Waals surface area contributed by atoms with Gasteiger partial charge in [0.2, 0.25) is 0 Å². The summed E-state index contributed by atoms with van der Waals surface area (Å²) in [6.45, 7) is 4.92. The van der Waals surface area contributed by atoms with Crippen LogP contribution >= 0.6 is 24.0 Å². The quantitative estimate of drug-likeness (QED) is 0.898. The van der Waals surface area contributed by atoms with Crippen molar-refractivity contribution in [1.29, 1.82) is 0 Å². The molecule has 1 fully saturated rings. The topological polar surface area (TPSA) is 58.4 Å². The molecule has 1 aliphatic rings. The molecule has 0 atom stereocenters. The van der Waals surface area contributed by atoms with Crippen molar-refractivity contribution < 1.29 is 9.32 Å². The number of halogens is 2. The molecule has 2 heterocycles. The smallest absolute Gasteiger partial charge is 0.259 e. The molecular weight excluding hydrogens is 337 g/mol. The Bertz CT molecular complexity index is 680. The van der Waals surface area contributed by atoms with Crippen LogP contribution in [0.2, 0.25) is 5.02 Å². The Kier molecular flexibility index (Phi) is 6.04. The van der Waals surface area contributed by atoms with Crippen molar-refractivity contribution in [3.63, 3.8) is 0 Å². The van der Waals surface area contributed by atoms with Gasteiger partial charge < -0.3 is 14.7 Å². The SMILES string of the molecule is Cc1onc(-c2ccccc2Cl)c1C(=O)N1CCCNCC1.Cl. The van der Waals surface area contributed by atoms with E-state index in [0.29, 0.717) is 28.6 Å². The standard InChI is InChI=1S/C16H18ClN3O2.ClH/c1-11-14(16(21)20-9-4-7-18-8-10-20)15(19-22-11)12-5-2-3-6-13(12)17;/h2-3,5-6,18H,4,7-10H2,1H3;1H. The molecule has 1 N–H and O–H groups in total. The van der Waals surface area contributed by atoms with Gasteiger partial charge in [-0.25, -0.2) is 0 Å². The molecule has 1 aliphatic heterocycles. The van der Waals surface area contributed by atoms with Gasteiger partial charge in [-0.05, 0) is 26.0 Å². The lowest BCUT2D eigenvalue weighted by Crippen LogP contribution is -2.34. The highest BCUT2D eigenvalue weighted by molar-refractivity contribution is 6.33. The van der Waals surface area contributed by atoms with Crippen LogP contribution in [0.4, 0.5) is 0 Å². The molecule has 1 aromatic carbocycles. The van der Waals surface area contributed by atoms with E-state index in [4.69, 9.17) is 16.1 Å². The van der Waals surface area contributed by atoms with Crippen LogP contribution in [0.15, 0.2) is 28.8 Å². The Morgan fingerprint density at radius 2 is 2.09 bits per heavy atom. The van der Waals surface area contributed by atoms with Gasteiger partial charge >= 0.3 is 0 Å². The number of rotatable bonds is 2. The van der Waals surface area contributed by atoms with E-state index in [2.05, 4.69) is 10.5 Å². The Balaban J connectivity index is 0.00000192. The van der Waals surface area contributed by atoms with Gasteiger partial charge in [0.05, 0.1) is 5.02 Å². The summed E-state index contributed by atoms with van der Waals surface area (Å²) in [6.07, 6.45) is 0.942. The van der Waals surface area contributed by atoms with E-state index in [1.165, 1.54) is 0 Å². The lowest BCUT2D eigenvalue weighted by Gasteiger charge is -2.20. The average molecular weight is 356 g/mol. The van der Waals surface area contributed by atoms with Crippen LogP contribution in [0, 0.1) is 6.92 Å². The molecule has 1 amide bonds. The Hall–Kier alpha value is -1.56. The number of hydrogen-bond donors (Lipinski definition) is 1. The van der Waals surface area contributed by atoms with Gasteiger partial charge in [-0.2, -0.15) is 0 Å². The summed E-state index contributed by atoms with van der Waals surface area (Å²) in [4.78, 5) is 14.7. The second-order valence-electron chi connectivity index (χ2n) is 5.34. The molecule has 0 spiro atoms. The summed E-state index contributed by atoms with van der Waals surface area (Å²) in [6, 6.07) is 7.35. The lowest BCUT2D eigenvalue weighted by atomic mass is 10.0. The van der Waals surface area contributed by atoms with Crippen LogP contribution in [0.25, 0.3) is 11.3 Å². The molecule has 0 aliphatic carbocycles. The van der Waals surface area contributed by atoms with E-state index in [-0.39, 0.29) is 18.3 Å². The van der Waals surface area contributed by atoms with Crippen molar-refractivity contribution in [3.8, 4) is 11.3 Å². The molecular formula is C16H19Cl2N3O2. The van der Waals surface area contributed by atoms with Crippen LogP contribution < -0.4 is 5.32 Å². The summed E-state index contributed by atoms with van der Waals surface area (Å²) in [7, 11) is 0. The van der Waals surface area contributed by atoms with Crippen LogP contribution in [-0.2, 0) is 0 Å². The first kappa shape index (κ1) is 17.8. The second-order valence-corrected chi connectivity index (χ2v) is 5.75. The van der Waals surface area contributed by atoms with Gasteiger partial charge in [0, 0.05) is 25.2 Å². The van der Waals surface area contributed by atoms with Gasteiger partial charge in [0.25, 0.3) is 5.91 Å². The zero-order valence-corrected chi connectivity index (χ0v) is 14.4. The average Bonchev–Trinajstić information content (AvgIpc) is 2.74. The maximum absolute atomic E-state index is 12.9. The lowest BCUT2D eigenvalue weighted by molar-refractivity contribution is 0.0765. The predicted molar refractivity (Wildman–Crippen MR) is 92.3 cm³/mol. The monoisotopic (exact) mass is 355 g/mol. The number of aromatic nitrogens is 1.